The quantitative estimate of drug-likeness (QED) is 0.575. The number of allylic oxidation sites excluding steroid dienone is 1. The number of hydrogen-bond donors (Lipinski definition) is 2. The van der Waals surface area contributed by atoms with E-state index >= 15 is 0 Å². The average molecular weight is 288 g/mol. The van der Waals surface area contributed by atoms with E-state index < -0.39 is 13.4 Å². The summed E-state index contributed by atoms with van der Waals surface area (Å²) in [5.74, 6) is 0.0785. The van der Waals surface area contributed by atoms with E-state index in [1.165, 1.54) is 6.08 Å². The lowest BCUT2D eigenvalue weighted by Crippen LogP contribution is -2.66. The first-order valence-corrected chi connectivity index (χ1v) is 7.85. The molecule has 0 saturated carbocycles. The normalized spacial score (nSPS) is 39.0. The predicted molar refractivity (Wildman–Crippen MR) is 68.8 cm³/mol. The molecule has 2 fully saturated rings. The molecule has 0 aromatic rings. The summed E-state index contributed by atoms with van der Waals surface area (Å²) < 4.78 is 27.3. The van der Waals surface area contributed by atoms with Crippen molar-refractivity contribution in [2.75, 3.05) is 20.3 Å². The van der Waals surface area contributed by atoms with Crippen molar-refractivity contribution in [3.63, 3.8) is 0 Å². The fraction of sp³-hybridized carbons (Fsp3) is 0.818. The van der Waals surface area contributed by atoms with Crippen molar-refractivity contribution < 1.29 is 28.6 Å². The van der Waals surface area contributed by atoms with Crippen LogP contribution in [0.4, 0.5) is 0 Å². The van der Waals surface area contributed by atoms with Gasteiger partial charge in [0.25, 0.3) is 0 Å². The van der Waals surface area contributed by atoms with Crippen LogP contribution in [0.25, 0.3) is 0 Å². The van der Waals surface area contributed by atoms with Crippen LogP contribution in [0.5, 0.6) is 0 Å². The highest BCUT2D eigenvalue weighted by Crippen LogP contribution is 2.49. The first-order valence-electron chi connectivity index (χ1n) is 6.17. The molecule has 2 saturated heterocycles. The van der Waals surface area contributed by atoms with E-state index in [0.717, 1.165) is 5.82 Å². The first-order chi connectivity index (χ1) is 8.88. The van der Waals surface area contributed by atoms with Crippen LogP contribution in [0.3, 0.4) is 0 Å². The summed E-state index contributed by atoms with van der Waals surface area (Å²) in [6.45, 7) is 1.02. The predicted octanol–water partition coefficient (Wildman–Crippen LogP) is 0.803. The lowest BCUT2D eigenvalue weighted by atomic mass is 9.69. The summed E-state index contributed by atoms with van der Waals surface area (Å²) in [6.07, 6.45) is 2.36. The zero-order valence-corrected chi connectivity index (χ0v) is 11.7. The summed E-state index contributed by atoms with van der Waals surface area (Å²) in [6, 6.07) is 0. The van der Waals surface area contributed by atoms with Crippen molar-refractivity contribution in [2.45, 2.75) is 30.5 Å². The maximum Gasteiger partial charge on any atom is 0.348 e. The molecule has 4 unspecified atom stereocenters. The van der Waals surface area contributed by atoms with Crippen LogP contribution >= 0.6 is 7.60 Å². The maximum absolute atomic E-state index is 10.7. The Balaban J connectivity index is 1.91. The standard InChI is InChI=1S/C11H18BO6P/c1-16-11(4-2-3-5-19(13,14)15)8-6-17-7-9(12)10(8)18-11/h3,5,8-10H,2,4,6-7H2,1H3,(H2,13,14,15)/b5-3+. The van der Waals surface area contributed by atoms with Crippen molar-refractivity contribution in [3.05, 3.63) is 11.9 Å². The van der Waals surface area contributed by atoms with Gasteiger partial charge in [-0.1, -0.05) is 6.08 Å². The van der Waals surface area contributed by atoms with Crippen molar-refractivity contribution in [1.29, 1.82) is 0 Å². The van der Waals surface area contributed by atoms with Gasteiger partial charge in [-0.05, 0) is 12.2 Å². The third-order valence-electron chi connectivity index (χ3n) is 3.63. The van der Waals surface area contributed by atoms with Crippen molar-refractivity contribution >= 4 is 15.4 Å². The fourth-order valence-electron chi connectivity index (χ4n) is 2.65. The summed E-state index contributed by atoms with van der Waals surface area (Å²) in [5.41, 5.74) is 0. The first kappa shape index (κ1) is 15.2. The SMILES string of the molecule is [B]C1COCC2C1OC2(CC/C=C/P(=O)(O)O)OC. The zero-order valence-electron chi connectivity index (χ0n) is 10.8. The Kier molecular flexibility index (Phi) is 4.55. The Morgan fingerprint density at radius 2 is 2.26 bits per heavy atom. The molecule has 0 aromatic carbocycles. The minimum atomic E-state index is -4.09. The largest absolute Gasteiger partial charge is 0.381 e. The van der Waals surface area contributed by atoms with Crippen molar-refractivity contribution in [2.24, 2.45) is 5.92 Å². The van der Waals surface area contributed by atoms with E-state index in [2.05, 4.69) is 0 Å². The molecule has 2 aliphatic heterocycles. The molecule has 2 N–H and O–H groups in total. The van der Waals surface area contributed by atoms with Gasteiger partial charge in [-0.3, -0.25) is 4.57 Å². The summed E-state index contributed by atoms with van der Waals surface area (Å²) >= 11 is 0. The second kappa shape index (κ2) is 5.68. The molecular weight excluding hydrogens is 270 g/mol. The highest BCUT2D eigenvalue weighted by atomic mass is 31.2. The topological polar surface area (TPSA) is 85.2 Å². The Morgan fingerprint density at radius 1 is 1.53 bits per heavy atom. The minimum Gasteiger partial charge on any atom is -0.381 e. The van der Waals surface area contributed by atoms with E-state index in [0.29, 0.717) is 26.1 Å². The Bertz CT molecular complexity index is 397. The molecule has 2 aliphatic rings. The van der Waals surface area contributed by atoms with Crippen LogP contribution in [-0.2, 0) is 18.8 Å². The molecular formula is C11H18BO6P. The van der Waals surface area contributed by atoms with Gasteiger partial charge in [0.1, 0.15) is 0 Å². The van der Waals surface area contributed by atoms with Crippen molar-refractivity contribution in [3.8, 4) is 0 Å². The summed E-state index contributed by atoms with van der Waals surface area (Å²) in [4.78, 5) is 17.4. The van der Waals surface area contributed by atoms with Crippen LogP contribution in [0, 0.1) is 5.92 Å². The molecule has 106 valence electrons. The summed E-state index contributed by atoms with van der Waals surface area (Å²) in [7, 11) is 3.35. The number of ether oxygens (including phenoxy) is 3. The Morgan fingerprint density at radius 3 is 2.89 bits per heavy atom. The van der Waals surface area contributed by atoms with E-state index in [1.54, 1.807) is 7.11 Å². The van der Waals surface area contributed by atoms with Crippen LogP contribution < -0.4 is 0 Å². The average Bonchev–Trinajstić information content (AvgIpc) is 2.30. The van der Waals surface area contributed by atoms with Crippen molar-refractivity contribution in [1.82, 2.24) is 0 Å². The Hall–Kier alpha value is -0.165. The molecule has 0 amide bonds. The van der Waals surface area contributed by atoms with Gasteiger partial charge in [-0.15, -0.1) is 0 Å². The number of methoxy groups -OCH3 is 1. The maximum atomic E-state index is 10.7. The number of fused-ring (bicyclic) bond motifs is 1. The molecule has 0 aliphatic carbocycles. The van der Waals surface area contributed by atoms with Gasteiger partial charge in [-0.2, -0.15) is 0 Å². The van der Waals surface area contributed by atoms with Gasteiger partial charge in [0, 0.05) is 26.0 Å². The van der Waals surface area contributed by atoms with Gasteiger partial charge in [0.15, 0.2) is 5.79 Å². The van der Waals surface area contributed by atoms with E-state index in [-0.39, 0.29) is 17.8 Å². The highest BCUT2D eigenvalue weighted by Gasteiger charge is 2.58. The fourth-order valence-corrected chi connectivity index (χ4v) is 3.08. The second-order valence-electron chi connectivity index (χ2n) is 4.92. The van der Waals surface area contributed by atoms with Crippen LogP contribution in [0.2, 0.25) is 5.82 Å². The van der Waals surface area contributed by atoms with Crippen LogP contribution in [0.15, 0.2) is 11.9 Å². The molecule has 0 spiro atoms. The smallest absolute Gasteiger partial charge is 0.348 e. The monoisotopic (exact) mass is 288 g/mol. The molecule has 4 atom stereocenters. The zero-order chi connectivity index (χ0) is 14.1. The molecule has 6 nitrogen and oxygen atoms in total. The molecule has 2 heterocycles. The van der Waals surface area contributed by atoms with Gasteiger partial charge in [0.05, 0.1) is 26.5 Å². The van der Waals surface area contributed by atoms with Gasteiger partial charge in [0.2, 0.25) is 0 Å². The lowest BCUT2D eigenvalue weighted by molar-refractivity contribution is -0.395. The number of hydrogen-bond acceptors (Lipinski definition) is 4. The third-order valence-corrected chi connectivity index (χ3v) is 4.23. The van der Waals surface area contributed by atoms with Gasteiger partial charge >= 0.3 is 7.60 Å². The van der Waals surface area contributed by atoms with E-state index in [1.807, 2.05) is 0 Å². The molecule has 19 heavy (non-hydrogen) atoms. The van der Waals surface area contributed by atoms with Crippen LogP contribution in [-0.4, -0.2) is 49.8 Å². The van der Waals surface area contributed by atoms with E-state index in [4.69, 9.17) is 31.8 Å². The van der Waals surface area contributed by atoms with Gasteiger partial charge in [-0.25, -0.2) is 0 Å². The second-order valence-corrected chi connectivity index (χ2v) is 6.40. The molecule has 0 bridgehead atoms. The molecule has 2 rings (SSSR count). The lowest BCUT2D eigenvalue weighted by Gasteiger charge is -2.57. The highest BCUT2D eigenvalue weighted by molar-refractivity contribution is 7.55. The minimum absolute atomic E-state index is 0.0561. The molecule has 8 heteroatoms. The molecule has 0 aromatic heterocycles. The van der Waals surface area contributed by atoms with Crippen LogP contribution in [0.1, 0.15) is 12.8 Å². The third kappa shape index (κ3) is 3.30. The Labute approximate surface area is 113 Å². The van der Waals surface area contributed by atoms with E-state index in [9.17, 15) is 4.57 Å². The molecule has 2 radical (unpaired) electrons. The number of rotatable bonds is 5. The van der Waals surface area contributed by atoms with Gasteiger partial charge < -0.3 is 24.0 Å². The summed E-state index contributed by atoms with van der Waals surface area (Å²) in [5, 5.41) is 0.